The van der Waals surface area contributed by atoms with Crippen molar-refractivity contribution < 1.29 is 14.6 Å². The number of unbranched alkanes of at least 4 members (excludes halogenated alkanes) is 3. The fraction of sp³-hybridized carbons (Fsp3) is 0.440. The second-order valence-corrected chi connectivity index (χ2v) is 7.98. The molecule has 3 aromatic rings. The highest BCUT2D eigenvalue weighted by molar-refractivity contribution is 5.82. The number of rotatable bonds is 14. The lowest BCUT2D eigenvalue weighted by molar-refractivity contribution is -0.142. The molecule has 2 aromatic heterocycles. The van der Waals surface area contributed by atoms with Gasteiger partial charge in [-0.15, -0.1) is 0 Å². The van der Waals surface area contributed by atoms with Crippen LogP contribution in [-0.4, -0.2) is 34.2 Å². The van der Waals surface area contributed by atoms with E-state index in [9.17, 15) is 9.90 Å². The van der Waals surface area contributed by atoms with E-state index in [0.717, 1.165) is 66.8 Å². The molecule has 0 aliphatic carbocycles. The standard InChI is InChI=1S/C25H33N3O3/c1-2-3-4-5-9-19(25(29)30)16-21-17-20-18-22(11-12-23(20)28-21)31-15-8-14-27-24-10-6-7-13-26-24/h6-7,10-13,17-19,28H,2-5,8-9,14-16H2,1H3,(H,26,27)(H,29,30). The van der Waals surface area contributed by atoms with Crippen molar-refractivity contribution in [3.05, 3.63) is 54.4 Å². The molecule has 0 spiro atoms. The number of carboxylic acid groups (broad SMARTS) is 1. The molecule has 31 heavy (non-hydrogen) atoms. The van der Waals surface area contributed by atoms with Crippen LogP contribution < -0.4 is 10.1 Å². The molecule has 0 fully saturated rings. The van der Waals surface area contributed by atoms with E-state index in [-0.39, 0.29) is 5.92 Å². The highest BCUT2D eigenvalue weighted by Gasteiger charge is 2.18. The molecule has 3 N–H and O–H groups in total. The molecule has 0 amide bonds. The molecule has 6 heteroatoms. The molecule has 6 nitrogen and oxygen atoms in total. The number of aliphatic carboxylic acids is 1. The zero-order chi connectivity index (χ0) is 21.9. The van der Waals surface area contributed by atoms with Crippen LogP contribution in [0.25, 0.3) is 10.9 Å². The summed E-state index contributed by atoms with van der Waals surface area (Å²) in [6, 6.07) is 13.8. The van der Waals surface area contributed by atoms with Crippen LogP contribution in [-0.2, 0) is 11.2 Å². The normalized spacial score (nSPS) is 12.0. The number of nitrogens with zero attached hydrogens (tertiary/aromatic N) is 1. The molecular weight excluding hydrogens is 390 g/mol. The van der Waals surface area contributed by atoms with Crippen LogP contribution in [0.2, 0.25) is 0 Å². The summed E-state index contributed by atoms with van der Waals surface area (Å²) in [4.78, 5) is 19.3. The number of aromatic amines is 1. The summed E-state index contributed by atoms with van der Waals surface area (Å²) in [6.07, 6.45) is 8.29. The van der Waals surface area contributed by atoms with Crippen LogP contribution in [0.4, 0.5) is 5.82 Å². The minimum Gasteiger partial charge on any atom is -0.494 e. The molecule has 0 saturated carbocycles. The van der Waals surface area contributed by atoms with E-state index in [1.807, 2.05) is 42.5 Å². The third-order valence-electron chi connectivity index (χ3n) is 5.43. The van der Waals surface area contributed by atoms with Crippen molar-refractivity contribution in [3.8, 4) is 5.75 Å². The monoisotopic (exact) mass is 423 g/mol. The maximum absolute atomic E-state index is 11.7. The summed E-state index contributed by atoms with van der Waals surface area (Å²) in [7, 11) is 0. The van der Waals surface area contributed by atoms with Crippen molar-refractivity contribution in [2.24, 2.45) is 5.92 Å². The summed E-state index contributed by atoms with van der Waals surface area (Å²) in [5, 5.41) is 13.9. The second kappa shape index (κ2) is 12.0. The minimum atomic E-state index is -0.710. The third kappa shape index (κ3) is 7.31. The summed E-state index contributed by atoms with van der Waals surface area (Å²) in [6.45, 7) is 3.57. The zero-order valence-electron chi connectivity index (χ0n) is 18.3. The van der Waals surface area contributed by atoms with Gasteiger partial charge in [-0.2, -0.15) is 0 Å². The number of carboxylic acids is 1. The molecule has 0 saturated heterocycles. The predicted molar refractivity (Wildman–Crippen MR) is 125 cm³/mol. The van der Waals surface area contributed by atoms with Gasteiger partial charge in [-0.1, -0.05) is 38.7 Å². The molecule has 1 atom stereocenters. The number of aromatic nitrogens is 2. The zero-order valence-corrected chi connectivity index (χ0v) is 18.3. The fourth-order valence-corrected chi connectivity index (χ4v) is 3.71. The van der Waals surface area contributed by atoms with E-state index in [4.69, 9.17) is 4.74 Å². The van der Waals surface area contributed by atoms with Crippen molar-refractivity contribution in [2.75, 3.05) is 18.5 Å². The summed E-state index contributed by atoms with van der Waals surface area (Å²) < 4.78 is 5.89. The van der Waals surface area contributed by atoms with Gasteiger partial charge < -0.3 is 20.1 Å². The number of fused-ring (bicyclic) bond motifs is 1. The van der Waals surface area contributed by atoms with Gasteiger partial charge in [-0.25, -0.2) is 4.98 Å². The van der Waals surface area contributed by atoms with Crippen LogP contribution in [0.1, 0.15) is 51.1 Å². The molecule has 1 aromatic carbocycles. The number of H-pyrrole nitrogens is 1. The number of nitrogens with one attached hydrogen (secondary N) is 2. The summed E-state index contributed by atoms with van der Waals surface area (Å²) >= 11 is 0. The Morgan fingerprint density at radius 3 is 2.84 bits per heavy atom. The quantitative estimate of drug-likeness (QED) is 0.291. The van der Waals surface area contributed by atoms with E-state index in [2.05, 4.69) is 22.2 Å². The van der Waals surface area contributed by atoms with E-state index in [0.29, 0.717) is 13.0 Å². The average Bonchev–Trinajstić information content (AvgIpc) is 3.18. The van der Waals surface area contributed by atoms with Crippen molar-refractivity contribution >= 4 is 22.7 Å². The Kier molecular flexibility index (Phi) is 8.76. The third-order valence-corrected chi connectivity index (χ3v) is 5.43. The number of ether oxygens (including phenoxy) is 1. The molecule has 3 rings (SSSR count). The Morgan fingerprint density at radius 2 is 2.06 bits per heavy atom. The first-order valence-electron chi connectivity index (χ1n) is 11.3. The van der Waals surface area contributed by atoms with Crippen LogP contribution in [0.15, 0.2) is 48.7 Å². The van der Waals surface area contributed by atoms with Crippen molar-refractivity contribution in [1.82, 2.24) is 9.97 Å². The summed E-state index contributed by atoms with van der Waals surface area (Å²) in [5.74, 6) is 0.643. The molecule has 0 aliphatic heterocycles. The van der Waals surface area contributed by atoms with Gasteiger partial charge in [0, 0.05) is 35.8 Å². The van der Waals surface area contributed by atoms with Crippen molar-refractivity contribution in [2.45, 2.75) is 51.9 Å². The van der Waals surface area contributed by atoms with E-state index >= 15 is 0 Å². The van der Waals surface area contributed by atoms with Crippen LogP contribution in [0.3, 0.4) is 0 Å². The van der Waals surface area contributed by atoms with Gasteiger partial charge >= 0.3 is 5.97 Å². The fourth-order valence-electron chi connectivity index (χ4n) is 3.71. The SMILES string of the molecule is CCCCCCC(Cc1cc2cc(OCCCNc3ccccn3)ccc2[nH]1)C(=O)O. The van der Waals surface area contributed by atoms with E-state index in [1.54, 1.807) is 6.20 Å². The van der Waals surface area contributed by atoms with E-state index < -0.39 is 5.97 Å². The van der Waals surface area contributed by atoms with Gasteiger partial charge in [-0.3, -0.25) is 4.79 Å². The number of anilines is 1. The number of pyridine rings is 1. The van der Waals surface area contributed by atoms with Crippen LogP contribution >= 0.6 is 0 Å². The second-order valence-electron chi connectivity index (χ2n) is 7.98. The number of hydrogen-bond acceptors (Lipinski definition) is 4. The lowest BCUT2D eigenvalue weighted by atomic mass is 9.96. The predicted octanol–water partition coefficient (Wildman–Crippen LogP) is 5.66. The van der Waals surface area contributed by atoms with Gasteiger partial charge in [-0.05, 0) is 49.2 Å². The number of carbonyl (C=O) groups is 1. The Bertz CT molecular complexity index is 940. The molecule has 166 valence electrons. The Morgan fingerprint density at radius 1 is 1.16 bits per heavy atom. The first kappa shape index (κ1) is 22.7. The first-order chi connectivity index (χ1) is 15.2. The van der Waals surface area contributed by atoms with E-state index in [1.165, 1.54) is 6.42 Å². The molecule has 0 aliphatic rings. The van der Waals surface area contributed by atoms with Gasteiger partial charge in [0.25, 0.3) is 0 Å². The lowest BCUT2D eigenvalue weighted by Gasteiger charge is -2.10. The topological polar surface area (TPSA) is 87.2 Å². The van der Waals surface area contributed by atoms with Gasteiger partial charge in [0.15, 0.2) is 0 Å². The minimum absolute atomic E-state index is 0.341. The van der Waals surface area contributed by atoms with Gasteiger partial charge in [0.05, 0.1) is 12.5 Å². The van der Waals surface area contributed by atoms with Gasteiger partial charge in [0.1, 0.15) is 11.6 Å². The molecule has 0 bridgehead atoms. The molecule has 0 radical (unpaired) electrons. The number of hydrogen-bond donors (Lipinski definition) is 3. The van der Waals surface area contributed by atoms with Crippen LogP contribution in [0.5, 0.6) is 5.75 Å². The Labute approximate surface area is 184 Å². The number of benzene rings is 1. The van der Waals surface area contributed by atoms with Gasteiger partial charge in [0.2, 0.25) is 0 Å². The maximum Gasteiger partial charge on any atom is 0.306 e. The Hall–Kier alpha value is -3.02. The summed E-state index contributed by atoms with van der Waals surface area (Å²) in [5.41, 5.74) is 1.98. The first-order valence-corrected chi connectivity index (χ1v) is 11.3. The Balaban J connectivity index is 1.48. The smallest absolute Gasteiger partial charge is 0.306 e. The lowest BCUT2D eigenvalue weighted by Crippen LogP contribution is -2.16. The molecular formula is C25H33N3O3. The van der Waals surface area contributed by atoms with Crippen LogP contribution in [0, 0.1) is 5.92 Å². The van der Waals surface area contributed by atoms with Crippen molar-refractivity contribution in [1.29, 1.82) is 0 Å². The highest BCUT2D eigenvalue weighted by Crippen LogP contribution is 2.24. The van der Waals surface area contributed by atoms with Crippen molar-refractivity contribution in [3.63, 3.8) is 0 Å². The molecule has 2 heterocycles. The molecule has 1 unspecified atom stereocenters. The highest BCUT2D eigenvalue weighted by atomic mass is 16.5. The average molecular weight is 424 g/mol. The maximum atomic E-state index is 11.7. The largest absolute Gasteiger partial charge is 0.494 e.